The summed E-state index contributed by atoms with van der Waals surface area (Å²) in [6, 6.07) is 10.2. The lowest BCUT2D eigenvalue weighted by atomic mass is 10.1. The van der Waals surface area contributed by atoms with Crippen molar-refractivity contribution in [3.8, 4) is 18.1 Å². The Morgan fingerprint density at radius 3 is 2.76 bits per heavy atom. The molecule has 1 unspecified atom stereocenters. The Morgan fingerprint density at radius 1 is 1.35 bits per heavy atom. The van der Waals surface area contributed by atoms with Crippen molar-refractivity contribution in [2.24, 2.45) is 0 Å². The molecule has 0 radical (unpaired) electrons. The molecular formula is C15H21NO. The van der Waals surface area contributed by atoms with Crippen molar-refractivity contribution in [1.29, 1.82) is 0 Å². The van der Waals surface area contributed by atoms with Crippen molar-refractivity contribution in [3.05, 3.63) is 30.3 Å². The monoisotopic (exact) mass is 231 g/mol. The van der Waals surface area contributed by atoms with Gasteiger partial charge in [-0.25, -0.2) is 0 Å². The highest BCUT2D eigenvalue weighted by atomic mass is 16.5. The van der Waals surface area contributed by atoms with E-state index in [-0.39, 0.29) is 0 Å². The Bertz CT molecular complexity index is 329. The van der Waals surface area contributed by atoms with Gasteiger partial charge in [0.05, 0.1) is 6.61 Å². The van der Waals surface area contributed by atoms with E-state index in [0.717, 1.165) is 31.6 Å². The molecule has 0 aliphatic heterocycles. The molecule has 2 nitrogen and oxygen atoms in total. The second kappa shape index (κ2) is 8.66. The zero-order valence-electron chi connectivity index (χ0n) is 10.5. The topological polar surface area (TPSA) is 21.3 Å². The van der Waals surface area contributed by atoms with Gasteiger partial charge in [-0.15, -0.1) is 12.3 Å². The van der Waals surface area contributed by atoms with Crippen LogP contribution in [-0.2, 0) is 0 Å². The lowest BCUT2D eigenvalue weighted by Crippen LogP contribution is -2.31. The summed E-state index contributed by atoms with van der Waals surface area (Å²) in [5.41, 5.74) is 0. The average Bonchev–Trinajstić information content (AvgIpc) is 2.37. The molecule has 0 bridgehead atoms. The number of para-hydroxylation sites is 1. The van der Waals surface area contributed by atoms with E-state index >= 15 is 0 Å². The van der Waals surface area contributed by atoms with Crippen LogP contribution in [0.5, 0.6) is 5.75 Å². The molecule has 92 valence electrons. The van der Waals surface area contributed by atoms with Gasteiger partial charge in [-0.05, 0) is 31.5 Å². The SMILES string of the molecule is C#CCC(CCOc1ccccc1)NCCC. The molecule has 0 fully saturated rings. The van der Waals surface area contributed by atoms with Crippen molar-refractivity contribution in [1.82, 2.24) is 5.32 Å². The molecule has 0 aliphatic rings. The van der Waals surface area contributed by atoms with Crippen LogP contribution in [0.2, 0.25) is 0 Å². The molecular weight excluding hydrogens is 210 g/mol. The van der Waals surface area contributed by atoms with Gasteiger partial charge in [0.1, 0.15) is 5.75 Å². The van der Waals surface area contributed by atoms with E-state index in [2.05, 4.69) is 18.2 Å². The van der Waals surface area contributed by atoms with Crippen LogP contribution in [0.3, 0.4) is 0 Å². The highest BCUT2D eigenvalue weighted by molar-refractivity contribution is 5.20. The second-order valence-corrected chi connectivity index (χ2v) is 4.01. The highest BCUT2D eigenvalue weighted by Gasteiger charge is 2.05. The average molecular weight is 231 g/mol. The molecule has 0 spiro atoms. The van der Waals surface area contributed by atoms with E-state index in [0.29, 0.717) is 12.6 Å². The number of hydrogen-bond acceptors (Lipinski definition) is 2. The predicted octanol–water partition coefficient (Wildman–Crippen LogP) is 2.85. The molecule has 0 saturated heterocycles. The number of hydrogen-bond donors (Lipinski definition) is 1. The third-order valence-corrected chi connectivity index (χ3v) is 2.53. The largest absolute Gasteiger partial charge is 0.494 e. The molecule has 0 heterocycles. The Kier molecular flexibility index (Phi) is 6.93. The summed E-state index contributed by atoms with van der Waals surface area (Å²) >= 11 is 0. The summed E-state index contributed by atoms with van der Waals surface area (Å²) in [6.45, 7) is 3.87. The molecule has 0 aliphatic carbocycles. The fraction of sp³-hybridized carbons (Fsp3) is 0.467. The molecule has 1 aromatic carbocycles. The van der Waals surface area contributed by atoms with Gasteiger partial charge in [0.15, 0.2) is 0 Å². The molecule has 1 N–H and O–H groups in total. The predicted molar refractivity (Wildman–Crippen MR) is 72.1 cm³/mol. The van der Waals surface area contributed by atoms with Gasteiger partial charge >= 0.3 is 0 Å². The van der Waals surface area contributed by atoms with Crippen molar-refractivity contribution >= 4 is 0 Å². The van der Waals surface area contributed by atoms with Gasteiger partial charge in [-0.1, -0.05) is 25.1 Å². The first-order valence-corrected chi connectivity index (χ1v) is 6.21. The van der Waals surface area contributed by atoms with Gasteiger partial charge in [0.2, 0.25) is 0 Å². The van der Waals surface area contributed by atoms with Crippen LogP contribution in [0, 0.1) is 12.3 Å². The lowest BCUT2D eigenvalue weighted by Gasteiger charge is -2.16. The number of rotatable bonds is 8. The number of benzene rings is 1. The smallest absolute Gasteiger partial charge is 0.119 e. The van der Waals surface area contributed by atoms with Gasteiger partial charge < -0.3 is 10.1 Å². The van der Waals surface area contributed by atoms with Crippen LogP contribution in [0.25, 0.3) is 0 Å². The Hall–Kier alpha value is -1.46. The number of ether oxygens (including phenoxy) is 1. The van der Waals surface area contributed by atoms with Crippen LogP contribution >= 0.6 is 0 Å². The van der Waals surface area contributed by atoms with E-state index in [9.17, 15) is 0 Å². The summed E-state index contributed by atoms with van der Waals surface area (Å²) in [5, 5.41) is 3.43. The minimum absolute atomic E-state index is 0.365. The van der Waals surface area contributed by atoms with Crippen molar-refractivity contribution < 1.29 is 4.74 Å². The molecule has 1 atom stereocenters. The fourth-order valence-corrected chi connectivity index (χ4v) is 1.60. The van der Waals surface area contributed by atoms with Crippen LogP contribution in [0.15, 0.2) is 30.3 Å². The fourth-order valence-electron chi connectivity index (χ4n) is 1.60. The van der Waals surface area contributed by atoms with E-state index in [1.54, 1.807) is 0 Å². The van der Waals surface area contributed by atoms with Crippen molar-refractivity contribution in [2.75, 3.05) is 13.2 Å². The van der Waals surface area contributed by atoms with E-state index < -0.39 is 0 Å². The Labute approximate surface area is 104 Å². The van der Waals surface area contributed by atoms with E-state index in [4.69, 9.17) is 11.2 Å². The molecule has 0 aromatic heterocycles. The molecule has 0 amide bonds. The van der Waals surface area contributed by atoms with E-state index in [1.165, 1.54) is 0 Å². The maximum Gasteiger partial charge on any atom is 0.119 e. The van der Waals surface area contributed by atoms with Gasteiger partial charge in [0, 0.05) is 12.5 Å². The summed E-state index contributed by atoms with van der Waals surface area (Å²) in [7, 11) is 0. The lowest BCUT2D eigenvalue weighted by molar-refractivity contribution is 0.286. The first-order chi connectivity index (χ1) is 8.36. The van der Waals surface area contributed by atoms with Crippen molar-refractivity contribution in [3.63, 3.8) is 0 Å². The third kappa shape index (κ3) is 5.99. The summed E-state index contributed by atoms with van der Waals surface area (Å²) in [6.07, 6.45) is 8.18. The summed E-state index contributed by atoms with van der Waals surface area (Å²) < 4.78 is 5.65. The second-order valence-electron chi connectivity index (χ2n) is 4.01. The number of terminal acetylenes is 1. The Morgan fingerprint density at radius 2 is 2.12 bits per heavy atom. The first-order valence-electron chi connectivity index (χ1n) is 6.21. The highest BCUT2D eigenvalue weighted by Crippen LogP contribution is 2.09. The Balaban J connectivity index is 2.24. The maximum atomic E-state index is 5.65. The zero-order chi connectivity index (χ0) is 12.3. The molecule has 0 saturated carbocycles. The van der Waals surface area contributed by atoms with Crippen LogP contribution in [-0.4, -0.2) is 19.2 Å². The summed E-state index contributed by atoms with van der Waals surface area (Å²) in [5.74, 6) is 3.63. The molecule has 17 heavy (non-hydrogen) atoms. The molecule has 1 rings (SSSR count). The third-order valence-electron chi connectivity index (χ3n) is 2.53. The first kappa shape index (κ1) is 13.6. The maximum absolute atomic E-state index is 5.65. The van der Waals surface area contributed by atoms with Crippen molar-refractivity contribution in [2.45, 2.75) is 32.2 Å². The van der Waals surface area contributed by atoms with Crippen LogP contribution in [0.1, 0.15) is 26.2 Å². The number of nitrogens with one attached hydrogen (secondary N) is 1. The summed E-state index contributed by atoms with van der Waals surface area (Å²) in [4.78, 5) is 0. The quantitative estimate of drug-likeness (QED) is 0.695. The van der Waals surface area contributed by atoms with Crippen LogP contribution < -0.4 is 10.1 Å². The minimum atomic E-state index is 0.365. The standard InChI is InChI=1S/C15H21NO/c1-3-8-14(16-12-4-2)11-13-17-15-9-6-5-7-10-15/h1,5-7,9-10,14,16H,4,8,11-13H2,2H3. The normalized spacial score (nSPS) is 11.8. The van der Waals surface area contributed by atoms with Gasteiger partial charge in [-0.3, -0.25) is 0 Å². The molecule has 1 aromatic rings. The zero-order valence-corrected chi connectivity index (χ0v) is 10.5. The van der Waals surface area contributed by atoms with E-state index in [1.807, 2.05) is 30.3 Å². The minimum Gasteiger partial charge on any atom is -0.494 e. The molecule has 2 heteroatoms. The van der Waals surface area contributed by atoms with Gasteiger partial charge in [0.25, 0.3) is 0 Å². The van der Waals surface area contributed by atoms with Gasteiger partial charge in [-0.2, -0.15) is 0 Å². The van der Waals surface area contributed by atoms with Crippen LogP contribution in [0.4, 0.5) is 0 Å².